The fraction of sp³-hybridized carbons (Fsp3) is 0.316. The first kappa shape index (κ1) is 18.1. The van der Waals surface area contributed by atoms with Gasteiger partial charge in [0.25, 0.3) is 5.91 Å². The molecule has 1 N–H and O–H groups in total. The van der Waals surface area contributed by atoms with Gasteiger partial charge in [0, 0.05) is 16.7 Å². The van der Waals surface area contributed by atoms with E-state index in [0.29, 0.717) is 24.7 Å². The van der Waals surface area contributed by atoms with Gasteiger partial charge in [0.15, 0.2) is 11.5 Å². The molecule has 0 aromatic heterocycles. The first-order valence-corrected chi connectivity index (χ1v) is 8.02. The number of alkyl halides is 3. The van der Waals surface area contributed by atoms with E-state index in [-0.39, 0.29) is 16.7 Å². The third kappa shape index (κ3) is 4.09. The summed E-state index contributed by atoms with van der Waals surface area (Å²) in [6.45, 7) is 4.91. The summed E-state index contributed by atoms with van der Waals surface area (Å²) in [6, 6.07) is 9.18. The zero-order chi connectivity index (χ0) is 18.9. The Bertz CT molecular complexity index is 831. The summed E-state index contributed by atoms with van der Waals surface area (Å²) in [7, 11) is 0. The average Bonchev–Trinajstić information content (AvgIpc) is 2.73. The third-order valence-corrected chi connectivity index (χ3v) is 3.89. The summed E-state index contributed by atoms with van der Waals surface area (Å²) >= 11 is 0. The average molecular weight is 365 g/mol. The van der Waals surface area contributed by atoms with Gasteiger partial charge in [0.2, 0.25) is 0 Å². The predicted octanol–water partition coefficient (Wildman–Crippen LogP) is 4.76. The number of hydrogen-bond donors (Lipinski definition) is 1. The number of benzene rings is 2. The molecule has 4 nitrogen and oxygen atoms in total. The molecule has 2 aromatic carbocycles. The van der Waals surface area contributed by atoms with Gasteiger partial charge in [0.05, 0.1) is 18.8 Å². The van der Waals surface area contributed by atoms with Crippen LogP contribution in [0.4, 0.5) is 18.9 Å². The minimum absolute atomic E-state index is 0.0677. The van der Waals surface area contributed by atoms with Gasteiger partial charge in [-0.25, -0.2) is 0 Å². The van der Waals surface area contributed by atoms with Crippen LogP contribution < -0.4 is 14.8 Å². The minimum Gasteiger partial charge on any atom is -0.489 e. The highest BCUT2D eigenvalue weighted by atomic mass is 19.4. The van der Waals surface area contributed by atoms with Crippen molar-refractivity contribution in [1.29, 1.82) is 0 Å². The summed E-state index contributed by atoms with van der Waals surface area (Å²) in [5.41, 5.74) is -0.654. The lowest BCUT2D eigenvalue weighted by Crippen LogP contribution is -2.26. The Kier molecular flexibility index (Phi) is 4.56. The number of rotatable bonds is 2. The largest absolute Gasteiger partial charge is 0.489 e. The van der Waals surface area contributed by atoms with Gasteiger partial charge in [-0.1, -0.05) is 19.9 Å². The van der Waals surface area contributed by atoms with Gasteiger partial charge in [-0.3, -0.25) is 4.79 Å². The van der Waals surface area contributed by atoms with Crippen LogP contribution in [0.25, 0.3) is 0 Å². The van der Waals surface area contributed by atoms with Crippen molar-refractivity contribution in [2.24, 2.45) is 5.41 Å². The molecule has 0 spiro atoms. The normalized spacial score (nSPS) is 15.9. The second kappa shape index (κ2) is 6.55. The highest BCUT2D eigenvalue weighted by Crippen LogP contribution is 2.35. The van der Waals surface area contributed by atoms with E-state index in [9.17, 15) is 18.0 Å². The zero-order valence-corrected chi connectivity index (χ0v) is 14.3. The third-order valence-electron chi connectivity index (χ3n) is 3.89. The van der Waals surface area contributed by atoms with E-state index in [2.05, 4.69) is 5.32 Å². The molecule has 0 fully saturated rings. The number of fused-ring (bicyclic) bond motifs is 1. The van der Waals surface area contributed by atoms with E-state index in [1.54, 1.807) is 12.1 Å². The number of halogens is 3. The van der Waals surface area contributed by atoms with Crippen LogP contribution in [0.5, 0.6) is 11.5 Å². The van der Waals surface area contributed by atoms with Crippen LogP contribution in [0.3, 0.4) is 0 Å². The van der Waals surface area contributed by atoms with E-state index in [0.717, 1.165) is 12.1 Å². The minimum atomic E-state index is -4.47. The molecule has 26 heavy (non-hydrogen) atoms. The summed E-state index contributed by atoms with van der Waals surface area (Å²) < 4.78 is 49.7. The summed E-state index contributed by atoms with van der Waals surface area (Å²) in [5.74, 6) is 0.442. The highest BCUT2D eigenvalue weighted by Gasteiger charge is 2.30. The Morgan fingerprint density at radius 1 is 1.04 bits per heavy atom. The predicted molar refractivity (Wildman–Crippen MR) is 90.6 cm³/mol. The number of amides is 1. The van der Waals surface area contributed by atoms with E-state index in [4.69, 9.17) is 9.47 Å². The molecule has 3 rings (SSSR count). The maximum atomic E-state index is 12.8. The lowest BCUT2D eigenvalue weighted by molar-refractivity contribution is -0.137. The molecular formula is C19H18F3NO3. The molecule has 0 saturated carbocycles. The highest BCUT2D eigenvalue weighted by molar-refractivity contribution is 6.04. The number of nitrogens with one attached hydrogen (secondary N) is 1. The van der Waals surface area contributed by atoms with Gasteiger partial charge in [-0.2, -0.15) is 13.2 Å². The fourth-order valence-electron chi connectivity index (χ4n) is 2.45. The van der Waals surface area contributed by atoms with Crippen molar-refractivity contribution < 1.29 is 27.4 Å². The van der Waals surface area contributed by atoms with Crippen molar-refractivity contribution in [3.63, 3.8) is 0 Å². The topological polar surface area (TPSA) is 47.6 Å². The molecule has 138 valence electrons. The number of carbonyl (C=O) groups excluding carboxylic acids is 1. The Morgan fingerprint density at radius 2 is 1.73 bits per heavy atom. The lowest BCUT2D eigenvalue weighted by atomic mass is 9.97. The quantitative estimate of drug-likeness (QED) is 0.835. The van der Waals surface area contributed by atoms with Crippen LogP contribution in [0, 0.1) is 5.41 Å². The maximum absolute atomic E-state index is 12.8. The number of carbonyl (C=O) groups is 1. The van der Waals surface area contributed by atoms with Gasteiger partial charge < -0.3 is 14.8 Å². The Balaban J connectivity index is 1.79. The van der Waals surface area contributed by atoms with Crippen LogP contribution in [0.1, 0.15) is 29.8 Å². The molecule has 0 radical (unpaired) electrons. The Morgan fingerprint density at radius 3 is 2.42 bits per heavy atom. The molecule has 1 amide bonds. The SMILES string of the molecule is CC1(C)COc2ccc(C(=O)Nc3cccc(C(F)(F)F)c3)cc2OC1. The van der Waals surface area contributed by atoms with Crippen LogP contribution in [0.15, 0.2) is 42.5 Å². The Hall–Kier alpha value is -2.70. The van der Waals surface area contributed by atoms with Gasteiger partial charge in [0.1, 0.15) is 0 Å². The molecule has 1 aliphatic rings. The van der Waals surface area contributed by atoms with Crippen LogP contribution in [-0.2, 0) is 6.18 Å². The van der Waals surface area contributed by atoms with Gasteiger partial charge >= 0.3 is 6.18 Å². The van der Waals surface area contributed by atoms with E-state index >= 15 is 0 Å². The van der Waals surface area contributed by atoms with Crippen molar-refractivity contribution in [1.82, 2.24) is 0 Å². The number of hydrogen-bond acceptors (Lipinski definition) is 3. The zero-order valence-electron chi connectivity index (χ0n) is 14.3. The molecule has 0 aliphatic carbocycles. The van der Waals surface area contributed by atoms with Crippen molar-refractivity contribution in [3.8, 4) is 11.5 Å². The summed E-state index contributed by atoms with van der Waals surface area (Å²) in [4.78, 5) is 12.4. The second-order valence-electron chi connectivity index (χ2n) is 6.94. The molecule has 7 heteroatoms. The first-order valence-electron chi connectivity index (χ1n) is 8.02. The molecule has 0 saturated heterocycles. The van der Waals surface area contributed by atoms with Crippen LogP contribution in [-0.4, -0.2) is 19.1 Å². The first-order chi connectivity index (χ1) is 12.1. The monoisotopic (exact) mass is 365 g/mol. The molecule has 2 aromatic rings. The lowest BCUT2D eigenvalue weighted by Gasteiger charge is -2.19. The van der Waals surface area contributed by atoms with Gasteiger partial charge in [-0.15, -0.1) is 0 Å². The fourth-order valence-corrected chi connectivity index (χ4v) is 2.45. The molecule has 0 bridgehead atoms. The molecule has 0 atom stereocenters. The van der Waals surface area contributed by atoms with Crippen LogP contribution in [0.2, 0.25) is 0 Å². The van der Waals surface area contributed by atoms with Crippen molar-refractivity contribution >= 4 is 11.6 Å². The molecular weight excluding hydrogens is 347 g/mol. The van der Waals surface area contributed by atoms with Crippen LogP contribution >= 0.6 is 0 Å². The summed E-state index contributed by atoms with van der Waals surface area (Å²) in [6.07, 6.45) is -4.47. The maximum Gasteiger partial charge on any atom is 0.416 e. The smallest absolute Gasteiger partial charge is 0.416 e. The van der Waals surface area contributed by atoms with Gasteiger partial charge in [-0.05, 0) is 36.4 Å². The molecule has 1 aliphatic heterocycles. The van der Waals surface area contributed by atoms with E-state index < -0.39 is 17.6 Å². The number of anilines is 1. The Labute approximate surface area is 148 Å². The van der Waals surface area contributed by atoms with Crippen molar-refractivity contribution in [3.05, 3.63) is 53.6 Å². The second-order valence-corrected chi connectivity index (χ2v) is 6.94. The number of ether oxygens (including phenoxy) is 2. The van der Waals surface area contributed by atoms with E-state index in [1.165, 1.54) is 18.2 Å². The standard InChI is InChI=1S/C19H18F3NO3/c1-18(2)10-25-15-7-6-12(8-16(15)26-11-18)17(24)23-14-5-3-4-13(9-14)19(20,21)22/h3-9H,10-11H2,1-2H3,(H,23,24). The van der Waals surface area contributed by atoms with Crippen molar-refractivity contribution in [2.75, 3.05) is 18.5 Å². The van der Waals surface area contributed by atoms with E-state index in [1.807, 2.05) is 13.8 Å². The molecule has 0 unspecified atom stereocenters. The van der Waals surface area contributed by atoms with Crippen molar-refractivity contribution in [2.45, 2.75) is 20.0 Å². The molecule has 1 heterocycles. The summed E-state index contributed by atoms with van der Waals surface area (Å²) in [5, 5.41) is 2.47.